The summed E-state index contributed by atoms with van der Waals surface area (Å²) in [6, 6.07) is 0.582. The second kappa shape index (κ2) is 5.69. The second-order valence-corrected chi connectivity index (χ2v) is 3.23. The fourth-order valence-electron chi connectivity index (χ4n) is 0.539. The van der Waals surface area contributed by atoms with Crippen LogP contribution < -0.4 is 10.9 Å². The minimum Gasteiger partial charge on any atom is -0.257 e. The maximum atomic E-state index is 3.21. The van der Waals surface area contributed by atoms with E-state index in [1.165, 1.54) is 6.42 Å². The first-order valence-electron chi connectivity index (χ1n) is 4.15. The average molecular weight is 144 g/mol. The largest absolute Gasteiger partial charge is 0.257 e. The molecule has 10 heavy (non-hydrogen) atoms. The van der Waals surface area contributed by atoms with Gasteiger partial charge in [0.1, 0.15) is 0 Å². The molecular weight excluding hydrogens is 124 g/mol. The molecule has 1 unspecified atom stereocenters. The van der Waals surface area contributed by atoms with Crippen molar-refractivity contribution in [3.05, 3.63) is 0 Å². The smallest absolute Gasteiger partial charge is 0.0182 e. The predicted molar refractivity (Wildman–Crippen MR) is 45.7 cm³/mol. The molecule has 0 radical (unpaired) electrons. The van der Waals surface area contributed by atoms with Gasteiger partial charge in [-0.1, -0.05) is 20.8 Å². The fourth-order valence-corrected chi connectivity index (χ4v) is 0.539. The van der Waals surface area contributed by atoms with Crippen LogP contribution in [0.4, 0.5) is 0 Å². The number of nitrogens with one attached hydrogen (secondary N) is 2. The Morgan fingerprint density at radius 1 is 1.20 bits per heavy atom. The van der Waals surface area contributed by atoms with Crippen LogP contribution in [0.15, 0.2) is 0 Å². The summed E-state index contributed by atoms with van der Waals surface area (Å²) in [7, 11) is 0. The van der Waals surface area contributed by atoms with E-state index >= 15 is 0 Å². The van der Waals surface area contributed by atoms with Crippen molar-refractivity contribution in [2.45, 2.75) is 40.2 Å². The summed E-state index contributed by atoms with van der Waals surface area (Å²) in [5.74, 6) is 0.719. The molecule has 2 heteroatoms. The Balaban J connectivity index is 3.03. The molecule has 1 atom stereocenters. The minimum absolute atomic E-state index is 0.582. The first kappa shape index (κ1) is 9.92. The van der Waals surface area contributed by atoms with Crippen LogP contribution >= 0.6 is 0 Å². The summed E-state index contributed by atoms with van der Waals surface area (Å²) in [4.78, 5) is 0. The number of hydrazine groups is 1. The third-order valence-electron chi connectivity index (χ3n) is 1.47. The normalized spacial score (nSPS) is 14.1. The summed E-state index contributed by atoms with van der Waals surface area (Å²) in [6.45, 7) is 9.79. The van der Waals surface area contributed by atoms with Gasteiger partial charge in [0.25, 0.3) is 0 Å². The molecular formula is C8H20N2. The van der Waals surface area contributed by atoms with Crippen molar-refractivity contribution in [1.82, 2.24) is 10.9 Å². The van der Waals surface area contributed by atoms with E-state index in [2.05, 4.69) is 38.5 Å². The lowest BCUT2D eigenvalue weighted by molar-refractivity contribution is 0.410. The molecule has 62 valence electrons. The Labute approximate surface area is 64.4 Å². The number of rotatable bonds is 5. The highest BCUT2D eigenvalue weighted by Crippen LogP contribution is 1.87. The van der Waals surface area contributed by atoms with Crippen molar-refractivity contribution in [3.63, 3.8) is 0 Å². The van der Waals surface area contributed by atoms with Gasteiger partial charge in [-0.15, -0.1) is 0 Å². The lowest BCUT2D eigenvalue weighted by Gasteiger charge is -2.13. The molecule has 0 aliphatic rings. The maximum Gasteiger partial charge on any atom is 0.0182 e. The van der Waals surface area contributed by atoms with Gasteiger partial charge in [-0.05, 0) is 19.3 Å². The van der Waals surface area contributed by atoms with Crippen LogP contribution in [0.3, 0.4) is 0 Å². The molecule has 0 fully saturated rings. The van der Waals surface area contributed by atoms with Crippen LogP contribution in [0.5, 0.6) is 0 Å². The van der Waals surface area contributed by atoms with E-state index in [0.29, 0.717) is 6.04 Å². The zero-order valence-corrected chi connectivity index (χ0v) is 7.57. The molecule has 0 saturated heterocycles. The van der Waals surface area contributed by atoms with Crippen LogP contribution in [0.25, 0.3) is 0 Å². The van der Waals surface area contributed by atoms with Gasteiger partial charge >= 0.3 is 0 Å². The zero-order chi connectivity index (χ0) is 7.98. The topological polar surface area (TPSA) is 24.1 Å². The second-order valence-electron chi connectivity index (χ2n) is 3.23. The molecule has 0 bridgehead atoms. The van der Waals surface area contributed by atoms with Gasteiger partial charge in [-0.25, -0.2) is 0 Å². The molecule has 0 heterocycles. The quantitative estimate of drug-likeness (QED) is 0.572. The molecule has 0 rings (SSSR count). The Kier molecular flexibility index (Phi) is 5.64. The van der Waals surface area contributed by atoms with Crippen LogP contribution in [0, 0.1) is 5.92 Å². The summed E-state index contributed by atoms with van der Waals surface area (Å²) < 4.78 is 0. The molecule has 0 aliphatic heterocycles. The molecule has 0 amide bonds. The molecule has 0 aromatic carbocycles. The van der Waals surface area contributed by atoms with E-state index in [1.54, 1.807) is 0 Å². The van der Waals surface area contributed by atoms with Gasteiger partial charge < -0.3 is 0 Å². The summed E-state index contributed by atoms with van der Waals surface area (Å²) >= 11 is 0. The summed E-state index contributed by atoms with van der Waals surface area (Å²) in [5, 5.41) is 0. The molecule has 0 aromatic heterocycles. The van der Waals surface area contributed by atoms with Crippen molar-refractivity contribution >= 4 is 0 Å². The predicted octanol–water partition coefficient (Wildman–Crippen LogP) is 1.54. The van der Waals surface area contributed by atoms with Crippen molar-refractivity contribution < 1.29 is 0 Å². The first-order chi connectivity index (χ1) is 4.66. The Morgan fingerprint density at radius 2 is 1.80 bits per heavy atom. The summed E-state index contributed by atoms with van der Waals surface area (Å²) in [6.07, 6.45) is 1.17. The van der Waals surface area contributed by atoms with Gasteiger partial charge in [-0.2, -0.15) is 0 Å². The molecule has 0 saturated carbocycles. The van der Waals surface area contributed by atoms with Crippen molar-refractivity contribution in [3.8, 4) is 0 Å². The van der Waals surface area contributed by atoms with Crippen LogP contribution in [-0.4, -0.2) is 12.6 Å². The van der Waals surface area contributed by atoms with Crippen LogP contribution in [0.1, 0.15) is 34.1 Å². The third kappa shape index (κ3) is 6.05. The van der Waals surface area contributed by atoms with E-state index in [4.69, 9.17) is 0 Å². The number of hydrogen-bond donors (Lipinski definition) is 2. The average Bonchev–Trinajstić information content (AvgIpc) is 1.87. The van der Waals surface area contributed by atoms with Crippen molar-refractivity contribution in [2.24, 2.45) is 5.92 Å². The van der Waals surface area contributed by atoms with Crippen molar-refractivity contribution in [2.75, 3.05) is 6.54 Å². The maximum absolute atomic E-state index is 3.21. The van der Waals surface area contributed by atoms with Crippen LogP contribution in [-0.2, 0) is 0 Å². The summed E-state index contributed by atoms with van der Waals surface area (Å²) in [5.41, 5.74) is 6.40. The van der Waals surface area contributed by atoms with E-state index < -0.39 is 0 Å². The minimum atomic E-state index is 0.582. The van der Waals surface area contributed by atoms with E-state index in [1.807, 2.05) is 0 Å². The Bertz CT molecular complexity index is 71.7. The van der Waals surface area contributed by atoms with Gasteiger partial charge in [0, 0.05) is 12.6 Å². The van der Waals surface area contributed by atoms with Gasteiger partial charge in [0.05, 0.1) is 0 Å². The van der Waals surface area contributed by atoms with E-state index in [0.717, 1.165) is 12.5 Å². The van der Waals surface area contributed by atoms with E-state index in [9.17, 15) is 0 Å². The van der Waals surface area contributed by atoms with Gasteiger partial charge in [0.2, 0.25) is 0 Å². The lowest BCUT2D eigenvalue weighted by atomic mass is 10.2. The van der Waals surface area contributed by atoms with Crippen molar-refractivity contribution in [1.29, 1.82) is 0 Å². The van der Waals surface area contributed by atoms with E-state index in [-0.39, 0.29) is 0 Å². The third-order valence-corrected chi connectivity index (χ3v) is 1.47. The Hall–Kier alpha value is -0.0800. The Morgan fingerprint density at radius 3 is 2.20 bits per heavy atom. The monoisotopic (exact) mass is 144 g/mol. The highest BCUT2D eigenvalue weighted by atomic mass is 15.4. The highest BCUT2D eigenvalue weighted by molar-refractivity contribution is 4.54. The fraction of sp³-hybridized carbons (Fsp3) is 1.00. The SMILES string of the molecule is CCC(C)NNCC(C)C. The zero-order valence-electron chi connectivity index (χ0n) is 7.57. The molecule has 0 spiro atoms. The van der Waals surface area contributed by atoms with Gasteiger partial charge in [0.15, 0.2) is 0 Å². The number of hydrogen-bond acceptors (Lipinski definition) is 2. The first-order valence-corrected chi connectivity index (χ1v) is 4.15. The van der Waals surface area contributed by atoms with Gasteiger partial charge in [-0.3, -0.25) is 10.9 Å². The molecule has 2 nitrogen and oxygen atoms in total. The van der Waals surface area contributed by atoms with Crippen LogP contribution in [0.2, 0.25) is 0 Å². The highest BCUT2D eigenvalue weighted by Gasteiger charge is 1.96. The molecule has 0 aliphatic carbocycles. The lowest BCUT2D eigenvalue weighted by Crippen LogP contribution is -2.40. The molecule has 2 N–H and O–H groups in total. The molecule has 0 aromatic rings. The standard InChI is InChI=1S/C8H20N2/c1-5-8(4)10-9-6-7(2)3/h7-10H,5-6H2,1-4H3.